The molecule has 1 N–H and O–H groups in total. The quantitative estimate of drug-likeness (QED) is 0.521. The fourth-order valence-corrected chi connectivity index (χ4v) is 4.47. The Kier molecular flexibility index (Phi) is 7.22. The van der Waals surface area contributed by atoms with Crippen molar-refractivity contribution in [3.63, 3.8) is 0 Å². The number of rotatable bonds is 7. The minimum atomic E-state index is -4.26. The maximum atomic E-state index is 14.3. The largest absolute Gasteiger partial charge is 0.322 e. The van der Waals surface area contributed by atoms with Gasteiger partial charge in [-0.1, -0.05) is 35.4 Å². The normalized spacial score (nSPS) is 11.6. The molecule has 0 aliphatic heterocycles. The van der Waals surface area contributed by atoms with E-state index < -0.39 is 46.5 Å². The summed E-state index contributed by atoms with van der Waals surface area (Å²) < 4.78 is 68.5. The second-order valence-electron chi connectivity index (χ2n) is 6.96. The maximum Gasteiger partial charge on any atom is 0.243 e. The zero-order valence-electron chi connectivity index (χ0n) is 16.8. The Bertz CT molecular complexity index is 1230. The summed E-state index contributed by atoms with van der Waals surface area (Å²) in [6, 6.07) is 12.3. The molecule has 0 radical (unpaired) electrons. The fraction of sp³-hybridized carbons (Fsp3) is 0.136. The van der Waals surface area contributed by atoms with Crippen LogP contribution in [0, 0.1) is 24.4 Å². The summed E-state index contributed by atoms with van der Waals surface area (Å²) >= 11 is 6.05. The van der Waals surface area contributed by atoms with Gasteiger partial charge in [-0.3, -0.25) is 4.79 Å². The Morgan fingerprint density at radius 2 is 1.69 bits per heavy atom. The van der Waals surface area contributed by atoms with E-state index in [1.54, 1.807) is 19.1 Å². The Balaban J connectivity index is 1.94. The number of aryl methyl sites for hydroxylation is 1. The van der Waals surface area contributed by atoms with E-state index >= 15 is 0 Å². The van der Waals surface area contributed by atoms with Gasteiger partial charge in [0.15, 0.2) is 0 Å². The van der Waals surface area contributed by atoms with Gasteiger partial charge >= 0.3 is 0 Å². The maximum absolute atomic E-state index is 14.3. The molecular formula is C22H18ClF3N2O3S. The predicted molar refractivity (Wildman–Crippen MR) is 115 cm³/mol. The smallest absolute Gasteiger partial charge is 0.243 e. The third-order valence-corrected chi connectivity index (χ3v) is 6.74. The Hall–Kier alpha value is -2.88. The molecule has 3 aromatic rings. The molecule has 0 spiro atoms. The van der Waals surface area contributed by atoms with Gasteiger partial charge < -0.3 is 5.32 Å². The van der Waals surface area contributed by atoms with Crippen molar-refractivity contribution < 1.29 is 26.4 Å². The van der Waals surface area contributed by atoms with Crippen molar-refractivity contribution in [2.75, 3.05) is 11.9 Å². The summed E-state index contributed by atoms with van der Waals surface area (Å²) in [5.41, 5.74) is 0.371. The van der Waals surface area contributed by atoms with E-state index in [9.17, 15) is 26.4 Å². The van der Waals surface area contributed by atoms with Crippen LogP contribution in [0.1, 0.15) is 11.1 Å². The lowest BCUT2D eigenvalue weighted by Crippen LogP contribution is -2.38. The van der Waals surface area contributed by atoms with Crippen LogP contribution in [0.15, 0.2) is 65.6 Å². The van der Waals surface area contributed by atoms with Gasteiger partial charge in [0.25, 0.3) is 0 Å². The van der Waals surface area contributed by atoms with Crippen LogP contribution in [-0.2, 0) is 21.4 Å². The van der Waals surface area contributed by atoms with Crippen molar-refractivity contribution in [1.82, 2.24) is 4.31 Å². The van der Waals surface area contributed by atoms with Crippen LogP contribution in [-0.4, -0.2) is 25.2 Å². The van der Waals surface area contributed by atoms with E-state index in [1.807, 2.05) is 0 Å². The number of sulfonamides is 1. The Morgan fingerprint density at radius 3 is 2.31 bits per heavy atom. The standard InChI is InChI=1S/C22H18ClF3N2O3S/c1-14-5-8-16(9-6-14)32(30,31)28(12-17-18(23)3-2-4-19(17)25)13-22(29)27-21-10-7-15(24)11-20(21)26/h2-11H,12-13H2,1H3,(H,27,29). The number of carbonyl (C=O) groups is 1. The molecule has 10 heteroatoms. The first-order chi connectivity index (χ1) is 15.1. The molecule has 0 fully saturated rings. The molecule has 32 heavy (non-hydrogen) atoms. The van der Waals surface area contributed by atoms with Gasteiger partial charge in [0.2, 0.25) is 15.9 Å². The molecule has 5 nitrogen and oxygen atoms in total. The molecule has 0 saturated heterocycles. The van der Waals surface area contributed by atoms with Gasteiger partial charge in [0.1, 0.15) is 17.5 Å². The van der Waals surface area contributed by atoms with E-state index in [1.165, 1.54) is 24.3 Å². The fourth-order valence-electron chi connectivity index (χ4n) is 2.89. The van der Waals surface area contributed by atoms with Crippen molar-refractivity contribution in [1.29, 1.82) is 0 Å². The lowest BCUT2D eigenvalue weighted by Gasteiger charge is -2.23. The highest BCUT2D eigenvalue weighted by molar-refractivity contribution is 7.89. The SMILES string of the molecule is Cc1ccc(S(=O)(=O)N(CC(=O)Nc2ccc(F)cc2F)Cc2c(F)cccc2Cl)cc1. The van der Waals surface area contributed by atoms with Crippen molar-refractivity contribution in [2.24, 2.45) is 0 Å². The van der Waals surface area contributed by atoms with Gasteiger partial charge in [0.05, 0.1) is 17.1 Å². The molecule has 0 aliphatic carbocycles. The molecule has 1 amide bonds. The minimum absolute atomic E-state index is 0.0147. The average molecular weight is 483 g/mol. The number of benzene rings is 3. The Morgan fingerprint density at radius 1 is 1.00 bits per heavy atom. The molecule has 168 valence electrons. The first-order valence-corrected chi connectivity index (χ1v) is 11.1. The van der Waals surface area contributed by atoms with Gasteiger partial charge in [-0.25, -0.2) is 21.6 Å². The lowest BCUT2D eigenvalue weighted by atomic mass is 10.2. The summed E-state index contributed by atoms with van der Waals surface area (Å²) in [6.07, 6.45) is 0. The van der Waals surface area contributed by atoms with Crippen LogP contribution in [0.4, 0.5) is 18.9 Å². The second kappa shape index (κ2) is 9.72. The average Bonchev–Trinajstić information content (AvgIpc) is 2.72. The summed E-state index contributed by atoms with van der Waals surface area (Å²) in [7, 11) is -4.26. The first-order valence-electron chi connectivity index (χ1n) is 9.32. The molecule has 0 heterocycles. The number of anilines is 1. The molecule has 0 atom stereocenters. The number of carbonyl (C=O) groups excluding carboxylic acids is 1. The first kappa shape index (κ1) is 23.8. The van der Waals surface area contributed by atoms with Gasteiger partial charge in [-0.15, -0.1) is 0 Å². The van der Waals surface area contributed by atoms with E-state index in [2.05, 4.69) is 5.32 Å². The highest BCUT2D eigenvalue weighted by Gasteiger charge is 2.29. The molecular weight excluding hydrogens is 465 g/mol. The van der Waals surface area contributed by atoms with Crippen molar-refractivity contribution in [3.05, 3.63) is 94.3 Å². The topological polar surface area (TPSA) is 66.5 Å². The van der Waals surface area contributed by atoms with E-state index in [0.717, 1.165) is 28.1 Å². The van der Waals surface area contributed by atoms with Gasteiger partial charge in [-0.2, -0.15) is 4.31 Å². The van der Waals surface area contributed by atoms with E-state index in [-0.39, 0.29) is 21.2 Å². The number of nitrogens with one attached hydrogen (secondary N) is 1. The molecule has 0 aliphatic rings. The summed E-state index contributed by atoms with van der Waals surface area (Å²) in [5, 5.41) is 2.19. The lowest BCUT2D eigenvalue weighted by molar-refractivity contribution is -0.116. The summed E-state index contributed by atoms with van der Waals surface area (Å²) in [5.74, 6) is -3.51. The van der Waals surface area contributed by atoms with Crippen LogP contribution in [0.2, 0.25) is 5.02 Å². The highest BCUT2D eigenvalue weighted by atomic mass is 35.5. The highest BCUT2D eigenvalue weighted by Crippen LogP contribution is 2.25. The zero-order chi connectivity index (χ0) is 23.5. The molecule has 3 aromatic carbocycles. The molecule has 0 saturated carbocycles. The number of amides is 1. The minimum Gasteiger partial charge on any atom is -0.322 e. The number of hydrogen-bond donors (Lipinski definition) is 1. The van der Waals surface area contributed by atoms with E-state index in [4.69, 9.17) is 11.6 Å². The predicted octanol–water partition coefficient (Wildman–Crippen LogP) is 4.90. The van der Waals surface area contributed by atoms with Crippen molar-refractivity contribution >= 4 is 33.2 Å². The van der Waals surface area contributed by atoms with Crippen molar-refractivity contribution in [3.8, 4) is 0 Å². The van der Waals surface area contributed by atoms with Crippen LogP contribution in [0.25, 0.3) is 0 Å². The number of halogens is 4. The third kappa shape index (κ3) is 5.48. The summed E-state index contributed by atoms with van der Waals surface area (Å²) in [4.78, 5) is 12.4. The number of hydrogen-bond acceptors (Lipinski definition) is 3. The van der Waals surface area contributed by atoms with Crippen LogP contribution < -0.4 is 5.32 Å². The second-order valence-corrected chi connectivity index (χ2v) is 9.30. The van der Waals surface area contributed by atoms with Crippen LogP contribution >= 0.6 is 11.6 Å². The monoisotopic (exact) mass is 482 g/mol. The summed E-state index contributed by atoms with van der Waals surface area (Å²) in [6.45, 7) is 0.469. The third-order valence-electron chi connectivity index (χ3n) is 4.58. The van der Waals surface area contributed by atoms with E-state index in [0.29, 0.717) is 6.07 Å². The number of nitrogens with zero attached hydrogens (tertiary/aromatic N) is 1. The Labute approximate surface area is 188 Å². The van der Waals surface area contributed by atoms with Gasteiger partial charge in [-0.05, 0) is 43.3 Å². The molecule has 0 unspecified atom stereocenters. The molecule has 0 aromatic heterocycles. The van der Waals surface area contributed by atoms with Crippen molar-refractivity contribution in [2.45, 2.75) is 18.4 Å². The van der Waals surface area contributed by atoms with Crippen LogP contribution in [0.3, 0.4) is 0 Å². The zero-order valence-corrected chi connectivity index (χ0v) is 18.4. The van der Waals surface area contributed by atoms with Crippen LogP contribution in [0.5, 0.6) is 0 Å². The molecule has 0 bridgehead atoms. The van der Waals surface area contributed by atoms with Gasteiger partial charge in [0, 0.05) is 23.2 Å². The molecule has 3 rings (SSSR count).